The molecule has 2 fully saturated rings. The molecule has 3 N–H and O–H groups in total. The lowest BCUT2D eigenvalue weighted by atomic mass is 10.0. The lowest BCUT2D eigenvalue weighted by Crippen LogP contribution is -2.47. The summed E-state index contributed by atoms with van der Waals surface area (Å²) in [5.74, 6) is 0.811. The van der Waals surface area contributed by atoms with Gasteiger partial charge in [-0.25, -0.2) is 4.98 Å². The predicted molar refractivity (Wildman–Crippen MR) is 102 cm³/mol. The molecule has 4 rings (SSSR count). The summed E-state index contributed by atoms with van der Waals surface area (Å²) in [6.07, 6.45) is 7.41. The highest BCUT2D eigenvalue weighted by molar-refractivity contribution is 5.95. The maximum atomic E-state index is 12.6. The number of carbonyl (C=O) groups is 2. The van der Waals surface area contributed by atoms with Crippen LogP contribution >= 0.6 is 0 Å². The highest BCUT2D eigenvalue weighted by Crippen LogP contribution is 2.19. The molecule has 1 aliphatic carbocycles. The summed E-state index contributed by atoms with van der Waals surface area (Å²) in [6.45, 7) is 2.12. The summed E-state index contributed by atoms with van der Waals surface area (Å²) in [4.78, 5) is 34.0. The number of aromatic amines is 1. The van der Waals surface area contributed by atoms with Gasteiger partial charge in [-0.3, -0.25) is 14.5 Å². The lowest BCUT2D eigenvalue weighted by molar-refractivity contribution is -0.122. The van der Waals surface area contributed by atoms with Gasteiger partial charge in [-0.15, -0.1) is 0 Å². The summed E-state index contributed by atoms with van der Waals surface area (Å²) < 4.78 is 0. The average Bonchev–Trinajstić information content (AvgIpc) is 3.31. The Morgan fingerprint density at radius 3 is 2.59 bits per heavy atom. The summed E-state index contributed by atoms with van der Waals surface area (Å²) in [6, 6.07) is 8.03. The molecule has 2 amide bonds. The summed E-state index contributed by atoms with van der Waals surface area (Å²) in [7, 11) is 0. The van der Waals surface area contributed by atoms with Crippen LogP contribution in [0.1, 0.15) is 36.0 Å². The molecule has 1 aliphatic heterocycles. The molecular formula is C20H25N5O2. The van der Waals surface area contributed by atoms with Gasteiger partial charge in [0.2, 0.25) is 5.91 Å². The topological polar surface area (TPSA) is 90.1 Å². The second-order valence-electron chi connectivity index (χ2n) is 7.38. The number of likely N-dealkylation sites (tertiary alicyclic amines) is 1. The van der Waals surface area contributed by atoms with Gasteiger partial charge in [0, 0.05) is 48.7 Å². The highest BCUT2D eigenvalue weighted by atomic mass is 16.2. The highest BCUT2D eigenvalue weighted by Gasteiger charge is 2.26. The predicted octanol–water partition coefficient (Wildman–Crippen LogP) is 1.55. The van der Waals surface area contributed by atoms with Crippen molar-refractivity contribution in [1.82, 2.24) is 25.5 Å². The number of rotatable bonds is 6. The Kier molecular flexibility index (Phi) is 5.20. The van der Waals surface area contributed by atoms with E-state index in [0.717, 1.165) is 50.2 Å². The van der Waals surface area contributed by atoms with Crippen LogP contribution in [0.2, 0.25) is 0 Å². The van der Waals surface area contributed by atoms with E-state index in [0.29, 0.717) is 18.2 Å². The normalized spacial score (nSPS) is 18.2. The Bertz CT molecular complexity index is 792. The number of nitrogens with zero attached hydrogens (tertiary/aromatic N) is 2. The van der Waals surface area contributed by atoms with Gasteiger partial charge < -0.3 is 15.6 Å². The number of imidazole rings is 1. The van der Waals surface area contributed by atoms with Crippen molar-refractivity contribution in [2.75, 3.05) is 19.6 Å². The monoisotopic (exact) mass is 367 g/mol. The number of aromatic nitrogens is 2. The zero-order valence-corrected chi connectivity index (χ0v) is 15.3. The quantitative estimate of drug-likeness (QED) is 0.723. The molecule has 1 aromatic carbocycles. The molecule has 1 saturated carbocycles. The van der Waals surface area contributed by atoms with Crippen LogP contribution in [0.3, 0.4) is 0 Å². The van der Waals surface area contributed by atoms with Gasteiger partial charge in [0.15, 0.2) is 0 Å². The number of hydrogen-bond donors (Lipinski definition) is 3. The molecule has 0 spiro atoms. The third-order valence-electron chi connectivity index (χ3n) is 5.13. The van der Waals surface area contributed by atoms with E-state index >= 15 is 0 Å². The second-order valence-corrected chi connectivity index (χ2v) is 7.38. The van der Waals surface area contributed by atoms with Crippen LogP contribution in [0.5, 0.6) is 0 Å². The van der Waals surface area contributed by atoms with Gasteiger partial charge in [0.1, 0.15) is 5.82 Å². The SMILES string of the molecule is O=C(CN1CCC(NC(=O)c2cccc(-c3ncc[nH]3)c2)CC1)NC1CC1. The molecule has 2 aromatic rings. The summed E-state index contributed by atoms with van der Waals surface area (Å²) in [5, 5.41) is 6.15. The Morgan fingerprint density at radius 1 is 1.11 bits per heavy atom. The molecule has 1 aromatic heterocycles. The number of H-pyrrole nitrogens is 1. The molecule has 0 atom stereocenters. The van der Waals surface area contributed by atoms with E-state index in [1.54, 1.807) is 12.4 Å². The van der Waals surface area contributed by atoms with Crippen LogP contribution < -0.4 is 10.6 Å². The summed E-state index contributed by atoms with van der Waals surface area (Å²) >= 11 is 0. The number of piperidine rings is 1. The van der Waals surface area contributed by atoms with Crippen LogP contribution in [-0.4, -0.2) is 58.4 Å². The minimum absolute atomic E-state index is 0.0617. The molecule has 1 saturated heterocycles. The fraction of sp³-hybridized carbons (Fsp3) is 0.450. The molecule has 142 valence electrons. The van der Waals surface area contributed by atoms with Crippen molar-refractivity contribution in [3.63, 3.8) is 0 Å². The smallest absolute Gasteiger partial charge is 0.251 e. The van der Waals surface area contributed by atoms with Crippen molar-refractivity contribution in [2.45, 2.75) is 37.8 Å². The Balaban J connectivity index is 1.27. The van der Waals surface area contributed by atoms with E-state index in [-0.39, 0.29) is 17.9 Å². The number of nitrogens with one attached hydrogen (secondary N) is 3. The number of benzene rings is 1. The van der Waals surface area contributed by atoms with Gasteiger partial charge in [0.05, 0.1) is 6.54 Å². The van der Waals surface area contributed by atoms with E-state index < -0.39 is 0 Å². The van der Waals surface area contributed by atoms with Crippen molar-refractivity contribution in [1.29, 1.82) is 0 Å². The number of carbonyl (C=O) groups excluding carboxylic acids is 2. The van der Waals surface area contributed by atoms with Crippen molar-refractivity contribution in [3.8, 4) is 11.4 Å². The fourth-order valence-corrected chi connectivity index (χ4v) is 3.44. The minimum atomic E-state index is -0.0617. The van der Waals surface area contributed by atoms with E-state index in [1.165, 1.54) is 0 Å². The van der Waals surface area contributed by atoms with Crippen LogP contribution in [0.4, 0.5) is 0 Å². The minimum Gasteiger partial charge on any atom is -0.352 e. The van der Waals surface area contributed by atoms with E-state index in [1.807, 2.05) is 24.3 Å². The van der Waals surface area contributed by atoms with Crippen molar-refractivity contribution >= 4 is 11.8 Å². The Labute approximate surface area is 158 Å². The summed E-state index contributed by atoms with van der Waals surface area (Å²) in [5.41, 5.74) is 1.53. The fourth-order valence-electron chi connectivity index (χ4n) is 3.44. The van der Waals surface area contributed by atoms with Gasteiger partial charge in [-0.2, -0.15) is 0 Å². The molecule has 7 heteroatoms. The first kappa shape index (κ1) is 17.7. The van der Waals surface area contributed by atoms with Gasteiger partial charge in [0.25, 0.3) is 5.91 Å². The number of amides is 2. The first-order valence-corrected chi connectivity index (χ1v) is 9.60. The standard InChI is InChI=1S/C20H25N5O2/c26-18(23-16-4-5-16)13-25-10-6-17(7-11-25)24-20(27)15-3-1-2-14(12-15)19-21-8-9-22-19/h1-3,8-9,12,16-17H,4-7,10-11,13H2,(H,21,22)(H,23,26)(H,24,27). The Morgan fingerprint density at radius 2 is 1.89 bits per heavy atom. The van der Waals surface area contributed by atoms with Crippen LogP contribution in [0.25, 0.3) is 11.4 Å². The van der Waals surface area contributed by atoms with Crippen LogP contribution in [0, 0.1) is 0 Å². The lowest BCUT2D eigenvalue weighted by Gasteiger charge is -2.31. The first-order valence-electron chi connectivity index (χ1n) is 9.60. The van der Waals surface area contributed by atoms with Crippen molar-refractivity contribution in [3.05, 3.63) is 42.2 Å². The third-order valence-corrected chi connectivity index (χ3v) is 5.13. The first-order chi connectivity index (χ1) is 13.2. The van der Waals surface area contributed by atoms with Crippen LogP contribution in [-0.2, 0) is 4.79 Å². The van der Waals surface area contributed by atoms with Crippen molar-refractivity contribution in [2.24, 2.45) is 0 Å². The van der Waals surface area contributed by atoms with Crippen molar-refractivity contribution < 1.29 is 9.59 Å². The molecule has 7 nitrogen and oxygen atoms in total. The van der Waals surface area contributed by atoms with E-state index in [9.17, 15) is 9.59 Å². The molecule has 0 bridgehead atoms. The average molecular weight is 367 g/mol. The third kappa shape index (κ3) is 4.74. The van der Waals surface area contributed by atoms with E-state index in [4.69, 9.17) is 0 Å². The van der Waals surface area contributed by atoms with Gasteiger partial charge in [-0.05, 0) is 37.8 Å². The molecule has 2 aliphatic rings. The maximum Gasteiger partial charge on any atom is 0.251 e. The second kappa shape index (κ2) is 7.92. The maximum absolute atomic E-state index is 12.6. The molecule has 2 heterocycles. The molecule has 0 unspecified atom stereocenters. The van der Waals surface area contributed by atoms with Gasteiger partial charge in [-0.1, -0.05) is 12.1 Å². The Hall–Kier alpha value is -2.67. The zero-order valence-electron chi connectivity index (χ0n) is 15.3. The van der Waals surface area contributed by atoms with Gasteiger partial charge >= 0.3 is 0 Å². The largest absolute Gasteiger partial charge is 0.352 e. The molecular weight excluding hydrogens is 342 g/mol. The molecule has 0 radical (unpaired) electrons. The zero-order chi connectivity index (χ0) is 18.6. The number of hydrogen-bond acceptors (Lipinski definition) is 4. The van der Waals surface area contributed by atoms with E-state index in [2.05, 4.69) is 25.5 Å². The van der Waals surface area contributed by atoms with Crippen LogP contribution in [0.15, 0.2) is 36.7 Å². The molecule has 27 heavy (non-hydrogen) atoms.